The number of halogens is 3. The highest BCUT2D eigenvalue weighted by Gasteiger charge is 2.35. The maximum Gasteiger partial charge on any atom is 0.417 e. The molecule has 0 aliphatic carbocycles. The summed E-state index contributed by atoms with van der Waals surface area (Å²) in [7, 11) is 0. The van der Waals surface area contributed by atoms with E-state index in [1.807, 2.05) is 43.8 Å². The number of carbonyl (C=O) groups is 6. The monoisotopic (exact) mass is 872 g/mol. The molecule has 4 rings (SSSR count). The molecule has 2 aromatic carbocycles. The highest BCUT2D eigenvalue weighted by Crippen LogP contribution is 2.36. The fourth-order valence-electron chi connectivity index (χ4n) is 5.39. The van der Waals surface area contributed by atoms with Crippen LogP contribution in [0.25, 0.3) is 21.8 Å². The molecule has 0 aliphatic rings. The summed E-state index contributed by atoms with van der Waals surface area (Å²) >= 11 is 3.17. The quantitative estimate of drug-likeness (QED) is 0.0746. The van der Waals surface area contributed by atoms with Crippen molar-refractivity contribution in [1.29, 1.82) is 0 Å². The summed E-state index contributed by atoms with van der Waals surface area (Å²) in [6.07, 6.45) is 3.49. The Balaban J connectivity index is 0.000000501. The molecule has 4 aromatic rings. The van der Waals surface area contributed by atoms with Gasteiger partial charge < -0.3 is 62.1 Å². The normalized spacial score (nSPS) is 12.8. The third-order valence-corrected chi connectivity index (χ3v) is 9.55. The van der Waals surface area contributed by atoms with E-state index >= 15 is 0 Å². The van der Waals surface area contributed by atoms with Gasteiger partial charge in [0.25, 0.3) is 11.8 Å². The standard InChI is InChI=1S/C17H20F3N3O3S.C17H23N3O3S.2C2H4O2/c1-27-6-5-11(21)15(24)23-13(16(25)26)7-9-8-22-12-4-2-3-10(14(9)12)17(18,19)20;1-10-4-3-5-12-11(9-19-15(10)12)8-14(17(22)23)20-16(21)13(18)6-7-24-2;2*1-2(3)4/h2-4,8,11,13,22H,5-7,21H2,1H3,(H,23,24)(H,25,26);3-5,9,13-14,19H,6-8,18H2,1-2H3,(H,20,21)(H,22,23);2*1H3,(H,3,4)/t11-,13-;13-,14-;;/m00../s1. The fraction of sp³-hybridized carbons (Fsp3) is 0.421. The third-order valence-electron chi connectivity index (χ3n) is 8.26. The number of aromatic amines is 2. The number of aromatic nitrogens is 2. The number of alkyl halides is 3. The molecule has 0 aliphatic heterocycles. The van der Waals surface area contributed by atoms with Gasteiger partial charge in [-0.25, -0.2) is 9.59 Å². The van der Waals surface area contributed by atoms with Crippen molar-refractivity contribution >= 4 is 81.0 Å². The molecule has 0 saturated carbocycles. The second-order valence-corrected chi connectivity index (χ2v) is 15.0. The van der Waals surface area contributed by atoms with Crippen LogP contribution in [0.3, 0.4) is 0 Å². The van der Waals surface area contributed by atoms with Gasteiger partial charge in [-0.05, 0) is 73.6 Å². The van der Waals surface area contributed by atoms with E-state index in [1.165, 1.54) is 30.1 Å². The van der Waals surface area contributed by atoms with Crippen LogP contribution in [0.1, 0.15) is 48.9 Å². The number of carboxylic acids is 4. The van der Waals surface area contributed by atoms with Crippen LogP contribution in [-0.4, -0.2) is 104 Å². The number of thioether (sulfide) groups is 2. The largest absolute Gasteiger partial charge is 0.550 e. The van der Waals surface area contributed by atoms with Gasteiger partial charge >= 0.3 is 18.1 Å². The topological polar surface area (TPSA) is 300 Å². The van der Waals surface area contributed by atoms with Crippen molar-refractivity contribution in [3.05, 3.63) is 71.0 Å². The molecule has 0 unspecified atom stereocenters. The highest BCUT2D eigenvalue weighted by molar-refractivity contribution is 7.98. The van der Waals surface area contributed by atoms with Gasteiger partial charge in [0.2, 0.25) is 0 Å². The van der Waals surface area contributed by atoms with Gasteiger partial charge in [0.15, 0.2) is 12.1 Å². The predicted molar refractivity (Wildman–Crippen MR) is 214 cm³/mol. The van der Waals surface area contributed by atoms with Crippen LogP contribution < -0.4 is 32.3 Å². The third kappa shape index (κ3) is 18.1. The predicted octanol–water partition coefficient (Wildman–Crippen LogP) is 0.126. The fourth-order valence-corrected chi connectivity index (χ4v) is 6.43. The summed E-state index contributed by atoms with van der Waals surface area (Å²) in [5.41, 5.74) is 10.1. The number of aryl methyl sites for hydroxylation is 1. The van der Waals surface area contributed by atoms with Gasteiger partial charge in [-0.1, -0.05) is 24.3 Å². The number of carboxylic acid groups (broad SMARTS) is 4. The Morgan fingerprint density at radius 1 is 0.763 bits per heavy atom. The number of hydrogen-bond acceptors (Lipinski definition) is 10. The summed E-state index contributed by atoms with van der Waals surface area (Å²) in [5.74, 6) is -3.86. The molecular weight excluding hydrogens is 822 g/mol. The number of nitrogens with one attached hydrogen (secondary N) is 4. The van der Waals surface area contributed by atoms with Crippen molar-refractivity contribution < 1.29 is 73.8 Å². The van der Waals surface area contributed by atoms with Crippen LogP contribution in [0.5, 0.6) is 0 Å². The number of aliphatic carboxylic acids is 4. The maximum absolute atomic E-state index is 13.3. The molecule has 21 heteroatoms. The van der Waals surface area contributed by atoms with Crippen molar-refractivity contribution in [3.8, 4) is 0 Å². The molecule has 12 N–H and O–H groups in total. The first-order chi connectivity index (χ1) is 27.5. The van der Waals surface area contributed by atoms with E-state index in [1.54, 1.807) is 11.8 Å². The van der Waals surface area contributed by atoms with Gasteiger partial charge in [-0.15, -0.1) is 0 Å². The smallest absolute Gasteiger partial charge is 0.417 e. The average molecular weight is 873 g/mol. The lowest BCUT2D eigenvalue weighted by molar-refractivity contribution is -0.404. The van der Waals surface area contributed by atoms with Crippen LogP contribution in [-0.2, 0) is 47.8 Å². The van der Waals surface area contributed by atoms with Crippen LogP contribution >= 0.6 is 23.5 Å². The minimum Gasteiger partial charge on any atom is -0.550 e. The van der Waals surface area contributed by atoms with E-state index < -0.39 is 65.7 Å². The number of H-pyrrole nitrogens is 2. The Kier molecular flexibility index (Phi) is 22.2. The second-order valence-electron chi connectivity index (χ2n) is 13.0. The average Bonchev–Trinajstić information content (AvgIpc) is 3.76. The first-order valence-corrected chi connectivity index (χ1v) is 20.6. The number of benzene rings is 2. The summed E-state index contributed by atoms with van der Waals surface area (Å²) in [6, 6.07) is 6.22. The first kappa shape index (κ1) is 51.8. The number of para-hydroxylation sites is 1. The summed E-state index contributed by atoms with van der Waals surface area (Å²) in [5, 5.41) is 42.5. The minimum absolute atomic E-state index is 0.0842. The lowest BCUT2D eigenvalue weighted by Crippen LogP contribution is -2.68. The number of quaternary nitrogens is 2. The van der Waals surface area contributed by atoms with E-state index in [0.717, 1.165) is 47.7 Å². The number of fused-ring (bicyclic) bond motifs is 2. The molecule has 326 valence electrons. The molecule has 16 nitrogen and oxygen atoms in total. The lowest BCUT2D eigenvalue weighted by atomic mass is 10.0. The molecule has 0 spiro atoms. The summed E-state index contributed by atoms with van der Waals surface area (Å²) in [4.78, 5) is 71.1. The van der Waals surface area contributed by atoms with Crippen LogP contribution in [0.4, 0.5) is 13.2 Å². The first-order valence-electron chi connectivity index (χ1n) is 17.8. The van der Waals surface area contributed by atoms with Crippen LogP contribution in [0.15, 0.2) is 48.8 Å². The zero-order valence-electron chi connectivity index (χ0n) is 33.2. The molecule has 2 heterocycles. The van der Waals surface area contributed by atoms with Crippen molar-refractivity contribution in [2.45, 2.75) is 76.8 Å². The number of hydrogen-bond donors (Lipinski definition) is 8. The van der Waals surface area contributed by atoms with Crippen LogP contribution in [0, 0.1) is 6.92 Å². The van der Waals surface area contributed by atoms with Crippen molar-refractivity contribution in [1.82, 2.24) is 20.6 Å². The Hall–Kier alpha value is -5.25. The molecule has 0 bridgehead atoms. The highest BCUT2D eigenvalue weighted by atomic mass is 32.2. The van der Waals surface area contributed by atoms with E-state index in [9.17, 15) is 42.6 Å². The zero-order valence-corrected chi connectivity index (χ0v) is 34.8. The molecule has 0 radical (unpaired) electrons. The van der Waals surface area contributed by atoms with E-state index in [0.29, 0.717) is 18.6 Å². The van der Waals surface area contributed by atoms with Gasteiger partial charge in [-0.2, -0.15) is 36.7 Å². The number of amides is 2. The summed E-state index contributed by atoms with van der Waals surface area (Å²) < 4.78 is 39.9. The van der Waals surface area contributed by atoms with Gasteiger partial charge in [0.1, 0.15) is 12.1 Å². The Morgan fingerprint density at radius 2 is 1.20 bits per heavy atom. The van der Waals surface area contributed by atoms with Gasteiger partial charge in [0.05, 0.1) is 5.56 Å². The minimum atomic E-state index is -4.57. The second kappa shape index (κ2) is 25.3. The molecule has 2 amide bonds. The van der Waals surface area contributed by atoms with E-state index in [-0.39, 0.29) is 35.2 Å². The summed E-state index contributed by atoms with van der Waals surface area (Å²) in [6.45, 7) is 3.94. The molecule has 59 heavy (non-hydrogen) atoms. The van der Waals surface area contributed by atoms with Gasteiger partial charge in [-0.3, -0.25) is 9.59 Å². The van der Waals surface area contributed by atoms with E-state index in [2.05, 4.69) is 32.1 Å². The lowest BCUT2D eigenvalue weighted by Gasteiger charge is -2.17. The van der Waals surface area contributed by atoms with Crippen molar-refractivity contribution in [2.75, 3.05) is 24.0 Å². The molecule has 0 saturated heterocycles. The maximum atomic E-state index is 13.3. The Morgan fingerprint density at radius 3 is 1.64 bits per heavy atom. The molecular formula is C38H51F3N6O10S2. The Bertz CT molecular complexity index is 2000. The van der Waals surface area contributed by atoms with Crippen molar-refractivity contribution in [3.63, 3.8) is 0 Å². The van der Waals surface area contributed by atoms with Gasteiger partial charge in [0, 0.05) is 71.8 Å². The molecule has 2 aromatic heterocycles. The Labute approximate surface area is 346 Å². The zero-order chi connectivity index (χ0) is 45.0. The molecule has 0 fully saturated rings. The number of rotatable bonds is 16. The van der Waals surface area contributed by atoms with Crippen molar-refractivity contribution in [2.24, 2.45) is 0 Å². The molecule has 4 atom stereocenters. The number of carbonyl (C=O) groups excluding carboxylic acids is 4. The SMILES string of the molecule is CC(=O)[O-].CC(=O)[O-].CSCC[C@H]([NH3+])C(=O)N[C@@H](Cc1c[nH]c2c(C)cccc12)C(=O)O.CSCC[C@H]([NH3+])C(=O)N[C@@H](Cc1c[nH]c2cccc(C(F)(F)F)c12)C(=O)O. The van der Waals surface area contributed by atoms with Crippen LogP contribution in [0.2, 0.25) is 0 Å². The van der Waals surface area contributed by atoms with E-state index in [4.69, 9.17) is 19.8 Å².